The van der Waals surface area contributed by atoms with Gasteiger partial charge in [0.2, 0.25) is 0 Å². The van der Waals surface area contributed by atoms with Crippen molar-refractivity contribution >= 4 is 23.1 Å². The van der Waals surface area contributed by atoms with Gasteiger partial charge in [0.05, 0.1) is 12.8 Å². The number of ether oxygens (including phenoxy) is 2. The van der Waals surface area contributed by atoms with Gasteiger partial charge in [0.15, 0.2) is 0 Å². The standard InChI is InChI=1S/C20H23NO2S/c1-13-7-10-18(14(2)11-13)23-12-16-5-4-6-17(15-8-9-15)19(16)21-20(24)22-3/h4-7,10-11,15H,8-9,12H2,1-3H3,(H,21,24). The minimum Gasteiger partial charge on any atom is -0.489 e. The number of methoxy groups -OCH3 is 1. The number of nitrogens with one attached hydrogen (secondary N) is 1. The smallest absolute Gasteiger partial charge is 0.260 e. The van der Waals surface area contributed by atoms with E-state index in [4.69, 9.17) is 21.7 Å². The molecule has 2 aromatic rings. The Balaban J connectivity index is 1.83. The summed E-state index contributed by atoms with van der Waals surface area (Å²) in [6.45, 7) is 4.66. The quantitative estimate of drug-likeness (QED) is 0.766. The third kappa shape index (κ3) is 3.88. The largest absolute Gasteiger partial charge is 0.489 e. The molecule has 0 saturated heterocycles. The van der Waals surface area contributed by atoms with Crippen LogP contribution in [0.15, 0.2) is 36.4 Å². The summed E-state index contributed by atoms with van der Waals surface area (Å²) >= 11 is 5.20. The number of anilines is 1. The fourth-order valence-electron chi connectivity index (χ4n) is 2.90. The minimum atomic E-state index is 0.385. The first kappa shape index (κ1) is 16.8. The Kier molecular flexibility index (Phi) is 5.05. The average molecular weight is 341 g/mol. The Morgan fingerprint density at radius 1 is 1.21 bits per heavy atom. The number of para-hydroxylation sites is 1. The van der Waals surface area contributed by atoms with Crippen LogP contribution >= 0.6 is 12.2 Å². The van der Waals surface area contributed by atoms with E-state index < -0.39 is 0 Å². The zero-order valence-electron chi connectivity index (χ0n) is 14.4. The molecule has 1 aliphatic carbocycles. The van der Waals surface area contributed by atoms with E-state index in [0.717, 1.165) is 22.6 Å². The molecule has 1 fully saturated rings. The van der Waals surface area contributed by atoms with Crippen LogP contribution in [-0.4, -0.2) is 12.3 Å². The van der Waals surface area contributed by atoms with Crippen molar-refractivity contribution in [2.45, 2.75) is 39.2 Å². The van der Waals surface area contributed by atoms with Crippen LogP contribution in [0.1, 0.15) is 41.0 Å². The average Bonchev–Trinajstić information content (AvgIpc) is 3.39. The van der Waals surface area contributed by atoms with Crippen LogP contribution in [0.5, 0.6) is 5.75 Å². The van der Waals surface area contributed by atoms with E-state index >= 15 is 0 Å². The Hall–Kier alpha value is -2.07. The van der Waals surface area contributed by atoms with Crippen molar-refractivity contribution in [3.63, 3.8) is 0 Å². The second-order valence-electron chi connectivity index (χ2n) is 6.33. The highest BCUT2D eigenvalue weighted by molar-refractivity contribution is 7.80. The van der Waals surface area contributed by atoms with Gasteiger partial charge in [-0.1, -0.05) is 35.9 Å². The fraction of sp³-hybridized carbons (Fsp3) is 0.350. The molecular weight excluding hydrogens is 318 g/mol. The highest BCUT2D eigenvalue weighted by Crippen LogP contribution is 2.44. The highest BCUT2D eigenvalue weighted by atomic mass is 32.1. The lowest BCUT2D eigenvalue weighted by Crippen LogP contribution is -2.14. The molecule has 0 heterocycles. The van der Waals surface area contributed by atoms with Crippen LogP contribution in [0, 0.1) is 13.8 Å². The van der Waals surface area contributed by atoms with Crippen molar-refractivity contribution in [1.29, 1.82) is 0 Å². The molecule has 0 aliphatic heterocycles. The predicted octanol–water partition coefficient (Wildman–Crippen LogP) is 5.10. The number of thiocarbonyl (C=S) groups is 1. The van der Waals surface area contributed by atoms with E-state index in [1.165, 1.54) is 24.0 Å². The SMILES string of the molecule is COC(=S)Nc1c(COc2ccc(C)cc2C)cccc1C1CC1. The molecule has 24 heavy (non-hydrogen) atoms. The van der Waals surface area contributed by atoms with Crippen molar-refractivity contribution in [3.05, 3.63) is 58.7 Å². The molecule has 0 aromatic heterocycles. The molecule has 0 radical (unpaired) electrons. The lowest BCUT2D eigenvalue weighted by atomic mass is 10.0. The first-order chi connectivity index (χ1) is 11.6. The lowest BCUT2D eigenvalue weighted by Gasteiger charge is -2.17. The van der Waals surface area contributed by atoms with Gasteiger partial charge in [-0.25, -0.2) is 0 Å². The predicted molar refractivity (Wildman–Crippen MR) is 102 cm³/mol. The van der Waals surface area contributed by atoms with Crippen LogP contribution in [0.2, 0.25) is 0 Å². The molecule has 4 heteroatoms. The first-order valence-corrected chi connectivity index (χ1v) is 8.66. The molecular formula is C20H23NO2S. The van der Waals surface area contributed by atoms with Crippen molar-refractivity contribution in [2.24, 2.45) is 0 Å². The maximum atomic E-state index is 6.06. The molecule has 0 unspecified atom stereocenters. The van der Waals surface area contributed by atoms with Crippen LogP contribution in [0.4, 0.5) is 5.69 Å². The number of hydrogen-bond donors (Lipinski definition) is 1. The van der Waals surface area contributed by atoms with Crippen LogP contribution in [0.25, 0.3) is 0 Å². The van der Waals surface area contributed by atoms with Gasteiger partial charge in [-0.3, -0.25) is 0 Å². The molecule has 0 spiro atoms. The number of rotatable bonds is 5. The van der Waals surface area contributed by atoms with Crippen molar-refractivity contribution < 1.29 is 9.47 Å². The van der Waals surface area contributed by atoms with E-state index in [9.17, 15) is 0 Å². The third-order valence-corrected chi connectivity index (χ3v) is 4.59. The van der Waals surface area contributed by atoms with E-state index in [-0.39, 0.29) is 0 Å². The molecule has 0 amide bonds. The van der Waals surface area contributed by atoms with Gasteiger partial charge in [0, 0.05) is 5.56 Å². The lowest BCUT2D eigenvalue weighted by molar-refractivity contribution is 0.304. The van der Waals surface area contributed by atoms with Gasteiger partial charge in [0.1, 0.15) is 12.4 Å². The van der Waals surface area contributed by atoms with Crippen molar-refractivity contribution in [3.8, 4) is 5.75 Å². The van der Waals surface area contributed by atoms with Crippen LogP contribution in [-0.2, 0) is 11.3 Å². The molecule has 1 N–H and O–H groups in total. The van der Waals surface area contributed by atoms with Gasteiger partial charge in [0.25, 0.3) is 5.17 Å². The van der Waals surface area contributed by atoms with E-state index in [2.05, 4.69) is 49.5 Å². The topological polar surface area (TPSA) is 30.5 Å². The Labute approximate surface area is 149 Å². The monoisotopic (exact) mass is 341 g/mol. The Morgan fingerprint density at radius 3 is 2.67 bits per heavy atom. The van der Waals surface area contributed by atoms with Crippen molar-refractivity contribution in [1.82, 2.24) is 0 Å². The molecule has 126 valence electrons. The molecule has 1 saturated carbocycles. The molecule has 1 aliphatic rings. The third-order valence-electron chi connectivity index (χ3n) is 4.33. The number of hydrogen-bond acceptors (Lipinski definition) is 3. The van der Waals surface area contributed by atoms with Crippen LogP contribution in [0.3, 0.4) is 0 Å². The molecule has 0 atom stereocenters. The fourth-order valence-corrected chi connectivity index (χ4v) is 3.00. The van der Waals surface area contributed by atoms with Crippen molar-refractivity contribution in [2.75, 3.05) is 12.4 Å². The molecule has 2 aromatic carbocycles. The summed E-state index contributed by atoms with van der Waals surface area (Å²) in [5.74, 6) is 1.53. The maximum Gasteiger partial charge on any atom is 0.260 e. The summed E-state index contributed by atoms with van der Waals surface area (Å²) in [5, 5.41) is 3.62. The summed E-state index contributed by atoms with van der Waals surface area (Å²) in [6, 6.07) is 12.6. The summed E-state index contributed by atoms with van der Waals surface area (Å²) in [6.07, 6.45) is 2.46. The summed E-state index contributed by atoms with van der Waals surface area (Å²) in [7, 11) is 1.58. The van der Waals surface area contributed by atoms with E-state index in [1.807, 2.05) is 6.07 Å². The molecule has 0 bridgehead atoms. The minimum absolute atomic E-state index is 0.385. The normalized spacial score (nSPS) is 13.5. The Morgan fingerprint density at radius 2 is 2.00 bits per heavy atom. The van der Waals surface area contributed by atoms with Gasteiger partial charge in [-0.05, 0) is 62.0 Å². The number of aryl methyl sites for hydroxylation is 2. The number of benzene rings is 2. The summed E-state index contributed by atoms with van der Waals surface area (Å²) in [5.41, 5.74) is 5.82. The maximum absolute atomic E-state index is 6.06. The molecule has 3 rings (SSSR count). The van der Waals surface area contributed by atoms with Crippen LogP contribution < -0.4 is 10.1 Å². The van der Waals surface area contributed by atoms with Gasteiger partial charge in [-0.2, -0.15) is 0 Å². The van der Waals surface area contributed by atoms with Gasteiger partial charge >= 0.3 is 0 Å². The molecule has 3 nitrogen and oxygen atoms in total. The van der Waals surface area contributed by atoms with Gasteiger partial charge in [-0.15, -0.1) is 0 Å². The Bertz CT molecular complexity index is 753. The first-order valence-electron chi connectivity index (χ1n) is 8.25. The van der Waals surface area contributed by atoms with E-state index in [1.54, 1.807) is 7.11 Å². The van der Waals surface area contributed by atoms with Gasteiger partial charge < -0.3 is 14.8 Å². The second kappa shape index (κ2) is 7.22. The van der Waals surface area contributed by atoms with E-state index in [0.29, 0.717) is 17.7 Å². The summed E-state index contributed by atoms with van der Waals surface area (Å²) < 4.78 is 11.2. The highest BCUT2D eigenvalue weighted by Gasteiger charge is 2.27. The summed E-state index contributed by atoms with van der Waals surface area (Å²) in [4.78, 5) is 0. The second-order valence-corrected chi connectivity index (χ2v) is 6.70. The zero-order chi connectivity index (χ0) is 17.1. The zero-order valence-corrected chi connectivity index (χ0v) is 15.2.